The monoisotopic (exact) mass is 320 g/mol. The van der Waals surface area contributed by atoms with E-state index in [0.29, 0.717) is 23.7 Å². The molecule has 7 heteroatoms. The summed E-state index contributed by atoms with van der Waals surface area (Å²) in [5.74, 6) is -1.21. The van der Waals surface area contributed by atoms with E-state index >= 15 is 0 Å². The van der Waals surface area contributed by atoms with Gasteiger partial charge in [-0.3, -0.25) is 10.1 Å². The Morgan fingerprint density at radius 3 is 2.50 bits per heavy atom. The number of aromatic carboxylic acids is 1. The Bertz CT molecular complexity index is 701. The molecule has 0 atom stereocenters. The summed E-state index contributed by atoms with van der Waals surface area (Å²) in [4.78, 5) is 21.3. The molecule has 0 aliphatic rings. The predicted molar refractivity (Wildman–Crippen MR) is 83.7 cm³/mol. The molecule has 2 N–H and O–H groups in total. The van der Waals surface area contributed by atoms with Gasteiger partial charge >= 0.3 is 5.97 Å². The second-order valence-corrected chi connectivity index (χ2v) is 5.03. The highest BCUT2D eigenvalue weighted by Crippen LogP contribution is 2.22. The zero-order chi connectivity index (χ0) is 16.1. The van der Waals surface area contributed by atoms with Crippen molar-refractivity contribution in [1.29, 1.82) is 0 Å². The molecule has 0 saturated heterocycles. The van der Waals surface area contributed by atoms with E-state index in [9.17, 15) is 14.9 Å². The van der Waals surface area contributed by atoms with Crippen LogP contribution in [-0.4, -0.2) is 22.5 Å². The van der Waals surface area contributed by atoms with E-state index in [1.807, 2.05) is 12.1 Å². The average molecular weight is 321 g/mol. The number of hydrogen-bond donors (Lipinski definition) is 2. The molecule has 0 radical (unpaired) electrons. The second-order valence-electron chi connectivity index (χ2n) is 4.60. The van der Waals surface area contributed by atoms with Gasteiger partial charge in [-0.05, 0) is 30.2 Å². The minimum Gasteiger partial charge on any atom is -0.478 e. The van der Waals surface area contributed by atoms with Crippen molar-refractivity contribution in [3.8, 4) is 0 Å². The summed E-state index contributed by atoms with van der Waals surface area (Å²) in [6, 6.07) is 11.1. The van der Waals surface area contributed by atoms with Crippen LogP contribution in [0.3, 0.4) is 0 Å². The summed E-state index contributed by atoms with van der Waals surface area (Å²) in [5, 5.41) is 23.5. The first-order chi connectivity index (χ1) is 10.5. The smallest absolute Gasteiger partial charge is 0.338 e. The van der Waals surface area contributed by atoms with Gasteiger partial charge in [-0.1, -0.05) is 23.7 Å². The van der Waals surface area contributed by atoms with Crippen LogP contribution in [0.4, 0.5) is 11.4 Å². The molecular weight excluding hydrogens is 308 g/mol. The van der Waals surface area contributed by atoms with E-state index in [0.717, 1.165) is 11.6 Å². The van der Waals surface area contributed by atoms with Crippen molar-refractivity contribution in [2.75, 3.05) is 11.9 Å². The number of halogens is 1. The fourth-order valence-electron chi connectivity index (χ4n) is 1.97. The fraction of sp³-hybridized carbons (Fsp3) is 0.133. The quantitative estimate of drug-likeness (QED) is 0.626. The first kappa shape index (κ1) is 15.8. The van der Waals surface area contributed by atoms with E-state index in [4.69, 9.17) is 16.7 Å². The minimum atomic E-state index is -1.21. The van der Waals surface area contributed by atoms with Crippen molar-refractivity contribution in [2.24, 2.45) is 0 Å². The number of rotatable bonds is 6. The second kappa shape index (κ2) is 6.91. The maximum atomic E-state index is 11.2. The molecule has 2 rings (SSSR count). The highest BCUT2D eigenvalue weighted by atomic mass is 35.5. The Morgan fingerprint density at radius 1 is 1.23 bits per heavy atom. The van der Waals surface area contributed by atoms with Crippen LogP contribution >= 0.6 is 11.6 Å². The molecule has 0 spiro atoms. The number of nitro groups is 1. The lowest BCUT2D eigenvalue weighted by molar-refractivity contribution is -0.384. The number of anilines is 1. The maximum absolute atomic E-state index is 11.2. The highest BCUT2D eigenvalue weighted by Gasteiger charge is 2.15. The van der Waals surface area contributed by atoms with Crippen LogP contribution in [0.15, 0.2) is 42.5 Å². The third-order valence-corrected chi connectivity index (χ3v) is 3.34. The standard InChI is InChI=1S/C15H13ClN2O4/c16-11-3-1-10(2-4-11)7-8-17-14-6-5-12(18(21)22)9-13(14)15(19)20/h1-6,9,17H,7-8H2,(H,19,20). The number of nitro benzene ring substituents is 1. The number of carbonyl (C=O) groups is 1. The molecule has 2 aromatic rings. The van der Waals surface area contributed by atoms with Crippen molar-refractivity contribution in [3.63, 3.8) is 0 Å². The largest absolute Gasteiger partial charge is 0.478 e. The zero-order valence-electron chi connectivity index (χ0n) is 11.5. The number of carboxylic acid groups (broad SMARTS) is 1. The lowest BCUT2D eigenvalue weighted by Gasteiger charge is -2.09. The van der Waals surface area contributed by atoms with Gasteiger partial charge in [-0.2, -0.15) is 0 Å². The van der Waals surface area contributed by atoms with Gasteiger partial charge in [0.05, 0.1) is 10.5 Å². The molecule has 0 heterocycles. The van der Waals surface area contributed by atoms with Gasteiger partial charge in [0, 0.05) is 29.4 Å². The van der Waals surface area contributed by atoms with Gasteiger partial charge in [-0.15, -0.1) is 0 Å². The molecule has 0 unspecified atom stereocenters. The summed E-state index contributed by atoms with van der Waals surface area (Å²) in [6.07, 6.45) is 0.674. The molecule has 0 saturated carbocycles. The number of benzene rings is 2. The van der Waals surface area contributed by atoms with Crippen LogP contribution in [0, 0.1) is 10.1 Å². The van der Waals surface area contributed by atoms with Crippen molar-refractivity contribution in [3.05, 3.63) is 68.7 Å². The normalized spacial score (nSPS) is 10.2. The van der Waals surface area contributed by atoms with Crippen LogP contribution in [0.2, 0.25) is 5.02 Å². The summed E-state index contributed by atoms with van der Waals surface area (Å²) in [7, 11) is 0. The van der Waals surface area contributed by atoms with Crippen LogP contribution < -0.4 is 5.32 Å². The number of hydrogen-bond acceptors (Lipinski definition) is 4. The number of carboxylic acids is 1. The van der Waals surface area contributed by atoms with E-state index in [-0.39, 0.29) is 11.3 Å². The fourth-order valence-corrected chi connectivity index (χ4v) is 2.10. The first-order valence-electron chi connectivity index (χ1n) is 6.47. The van der Waals surface area contributed by atoms with Crippen LogP contribution in [0.25, 0.3) is 0 Å². The van der Waals surface area contributed by atoms with Gasteiger partial charge in [0.15, 0.2) is 0 Å². The Morgan fingerprint density at radius 2 is 1.91 bits per heavy atom. The average Bonchev–Trinajstić information content (AvgIpc) is 2.49. The van der Waals surface area contributed by atoms with Gasteiger partial charge in [0.1, 0.15) is 0 Å². The Hall–Kier alpha value is -2.60. The minimum absolute atomic E-state index is 0.120. The van der Waals surface area contributed by atoms with Crippen molar-refractivity contribution >= 4 is 28.9 Å². The van der Waals surface area contributed by atoms with Crippen LogP contribution in [-0.2, 0) is 6.42 Å². The maximum Gasteiger partial charge on any atom is 0.338 e. The summed E-state index contributed by atoms with van der Waals surface area (Å²) in [5.41, 5.74) is 1.04. The molecule has 114 valence electrons. The molecule has 2 aromatic carbocycles. The summed E-state index contributed by atoms with van der Waals surface area (Å²) >= 11 is 5.80. The summed E-state index contributed by atoms with van der Waals surface area (Å²) < 4.78 is 0. The van der Waals surface area contributed by atoms with E-state index in [1.54, 1.807) is 12.1 Å². The number of nitrogens with one attached hydrogen (secondary N) is 1. The third kappa shape index (κ3) is 3.95. The molecule has 0 aromatic heterocycles. The highest BCUT2D eigenvalue weighted by molar-refractivity contribution is 6.30. The predicted octanol–water partition coefficient (Wildman–Crippen LogP) is 3.60. The van der Waals surface area contributed by atoms with E-state index in [1.165, 1.54) is 12.1 Å². The molecule has 0 bridgehead atoms. The Balaban J connectivity index is 2.07. The van der Waals surface area contributed by atoms with Gasteiger partial charge in [0.25, 0.3) is 5.69 Å². The van der Waals surface area contributed by atoms with Crippen molar-refractivity contribution in [2.45, 2.75) is 6.42 Å². The van der Waals surface area contributed by atoms with Gasteiger partial charge < -0.3 is 10.4 Å². The van der Waals surface area contributed by atoms with Crippen LogP contribution in [0.1, 0.15) is 15.9 Å². The first-order valence-corrected chi connectivity index (χ1v) is 6.85. The van der Waals surface area contributed by atoms with Crippen molar-refractivity contribution < 1.29 is 14.8 Å². The number of nitrogens with zero attached hydrogens (tertiary/aromatic N) is 1. The van der Waals surface area contributed by atoms with Gasteiger partial charge in [0.2, 0.25) is 0 Å². The molecule has 0 aliphatic carbocycles. The lowest BCUT2D eigenvalue weighted by atomic mass is 10.1. The zero-order valence-corrected chi connectivity index (χ0v) is 12.2. The number of non-ortho nitro benzene ring substituents is 1. The third-order valence-electron chi connectivity index (χ3n) is 3.09. The molecule has 22 heavy (non-hydrogen) atoms. The van der Waals surface area contributed by atoms with Crippen molar-refractivity contribution in [1.82, 2.24) is 0 Å². The lowest BCUT2D eigenvalue weighted by Crippen LogP contribution is -2.10. The SMILES string of the molecule is O=C(O)c1cc([N+](=O)[O-])ccc1NCCc1ccc(Cl)cc1. The molecular formula is C15H13ClN2O4. The molecule has 0 amide bonds. The van der Waals surface area contributed by atoms with E-state index < -0.39 is 10.9 Å². The molecule has 6 nitrogen and oxygen atoms in total. The van der Waals surface area contributed by atoms with Crippen LogP contribution in [0.5, 0.6) is 0 Å². The Kier molecular flexibility index (Phi) is 4.95. The topological polar surface area (TPSA) is 92.5 Å². The molecule has 0 fully saturated rings. The van der Waals surface area contributed by atoms with Gasteiger partial charge in [-0.25, -0.2) is 4.79 Å². The van der Waals surface area contributed by atoms with E-state index in [2.05, 4.69) is 5.32 Å². The molecule has 0 aliphatic heterocycles. The summed E-state index contributed by atoms with van der Waals surface area (Å²) in [6.45, 7) is 0.500. The Labute approximate surface area is 131 Å².